The van der Waals surface area contributed by atoms with Gasteiger partial charge in [-0.05, 0) is 48.2 Å². The monoisotopic (exact) mass is 408 g/mol. The van der Waals surface area contributed by atoms with E-state index in [0.717, 1.165) is 31.9 Å². The highest BCUT2D eigenvalue weighted by molar-refractivity contribution is 7.23. The first-order valence-electron chi connectivity index (χ1n) is 8.77. The molecular weight excluding hydrogens is 388 g/mol. The van der Waals surface area contributed by atoms with E-state index in [1.54, 1.807) is 0 Å². The molecule has 5 nitrogen and oxygen atoms in total. The predicted molar refractivity (Wildman–Crippen MR) is 121 cm³/mol. The Labute approximate surface area is 171 Å². The van der Waals surface area contributed by atoms with E-state index in [-0.39, 0.29) is 11.6 Å². The maximum absolute atomic E-state index is 13.1. The van der Waals surface area contributed by atoms with Crippen LogP contribution in [0.2, 0.25) is 0 Å². The first-order valence-corrected chi connectivity index (χ1v) is 10.4. The fraction of sp³-hybridized carbons (Fsp3) is 0.143. The van der Waals surface area contributed by atoms with Crippen molar-refractivity contribution in [1.29, 1.82) is 0 Å². The van der Waals surface area contributed by atoms with Gasteiger partial charge < -0.3 is 16.0 Å². The molecule has 3 N–H and O–H groups in total. The third-order valence-corrected chi connectivity index (χ3v) is 6.80. The quantitative estimate of drug-likeness (QED) is 0.439. The van der Waals surface area contributed by atoms with Crippen molar-refractivity contribution in [1.82, 2.24) is 4.98 Å². The molecule has 142 valence electrons. The number of aromatic nitrogens is 1. The van der Waals surface area contributed by atoms with Crippen LogP contribution in [-0.4, -0.2) is 24.9 Å². The SMILES string of the molecule is Cc1c(C(=O)c2sc(Nc3ccc(N(C)C)cc3)nc2N)sc2ccccc12. The summed E-state index contributed by atoms with van der Waals surface area (Å²) in [5.41, 5.74) is 9.08. The number of thiophene rings is 1. The summed E-state index contributed by atoms with van der Waals surface area (Å²) < 4.78 is 1.10. The Balaban J connectivity index is 1.61. The number of benzene rings is 2. The standard InChI is InChI=1S/C21H20N4OS2/c1-12-15-6-4-5-7-16(15)27-18(12)17(26)19-20(22)24-21(28-19)23-13-8-10-14(11-9-13)25(2)3/h4-11H,22H2,1-3H3,(H,23,24). The van der Waals surface area contributed by atoms with Gasteiger partial charge in [0.2, 0.25) is 5.78 Å². The molecule has 0 radical (unpaired) electrons. The zero-order valence-corrected chi connectivity index (χ0v) is 17.4. The second kappa shape index (κ2) is 7.26. The van der Waals surface area contributed by atoms with Gasteiger partial charge in [-0.1, -0.05) is 29.5 Å². The molecular formula is C21H20N4OS2. The van der Waals surface area contributed by atoms with Gasteiger partial charge in [0.25, 0.3) is 0 Å². The third-order valence-electron chi connectivity index (χ3n) is 4.54. The van der Waals surface area contributed by atoms with Gasteiger partial charge in [-0.3, -0.25) is 4.79 Å². The average molecular weight is 409 g/mol. The van der Waals surface area contributed by atoms with Crippen LogP contribution < -0.4 is 16.0 Å². The van der Waals surface area contributed by atoms with Gasteiger partial charge in [0.1, 0.15) is 10.7 Å². The highest BCUT2D eigenvalue weighted by Gasteiger charge is 2.22. The summed E-state index contributed by atoms with van der Waals surface area (Å²) in [6.07, 6.45) is 0. The molecule has 0 aliphatic rings. The molecule has 2 aromatic heterocycles. The molecule has 0 spiro atoms. The molecule has 2 aromatic carbocycles. The van der Waals surface area contributed by atoms with Gasteiger partial charge in [-0.2, -0.15) is 0 Å². The fourth-order valence-electron chi connectivity index (χ4n) is 3.01. The molecule has 0 fully saturated rings. The van der Waals surface area contributed by atoms with E-state index < -0.39 is 0 Å². The van der Waals surface area contributed by atoms with Crippen molar-refractivity contribution in [2.75, 3.05) is 30.0 Å². The van der Waals surface area contributed by atoms with Crippen molar-refractivity contribution in [3.8, 4) is 0 Å². The Morgan fingerprint density at radius 1 is 1.04 bits per heavy atom. The van der Waals surface area contributed by atoms with Gasteiger partial charge in [0.05, 0.1) is 4.88 Å². The lowest BCUT2D eigenvalue weighted by molar-refractivity contribution is 0.104. The number of aryl methyl sites for hydroxylation is 1. The van der Waals surface area contributed by atoms with Crippen LogP contribution in [0.15, 0.2) is 48.5 Å². The van der Waals surface area contributed by atoms with E-state index in [2.05, 4.69) is 10.3 Å². The second-order valence-corrected chi connectivity index (χ2v) is 8.73. The Kier molecular flexibility index (Phi) is 4.78. The summed E-state index contributed by atoms with van der Waals surface area (Å²) in [7, 11) is 4.00. The maximum atomic E-state index is 13.1. The normalized spacial score (nSPS) is 11.0. The number of nitrogen functional groups attached to an aromatic ring is 1. The molecule has 4 rings (SSSR count). The van der Waals surface area contributed by atoms with Crippen molar-refractivity contribution in [3.63, 3.8) is 0 Å². The van der Waals surface area contributed by atoms with Gasteiger partial charge in [0, 0.05) is 30.2 Å². The lowest BCUT2D eigenvalue weighted by Gasteiger charge is -2.12. The molecule has 0 saturated heterocycles. The largest absolute Gasteiger partial charge is 0.382 e. The van der Waals surface area contributed by atoms with E-state index in [0.29, 0.717) is 10.0 Å². The smallest absolute Gasteiger partial charge is 0.217 e. The minimum atomic E-state index is -0.0651. The molecule has 0 bridgehead atoms. The van der Waals surface area contributed by atoms with E-state index in [1.165, 1.54) is 22.7 Å². The average Bonchev–Trinajstić information content (AvgIpc) is 3.22. The predicted octanol–water partition coefficient (Wildman–Crippen LogP) is 5.29. The number of carbonyl (C=O) groups is 1. The van der Waals surface area contributed by atoms with Crippen molar-refractivity contribution < 1.29 is 4.79 Å². The molecule has 0 aliphatic carbocycles. The number of carbonyl (C=O) groups excluding carboxylic acids is 1. The summed E-state index contributed by atoms with van der Waals surface area (Å²) in [6.45, 7) is 1.98. The number of nitrogens with one attached hydrogen (secondary N) is 1. The zero-order chi connectivity index (χ0) is 19.8. The summed E-state index contributed by atoms with van der Waals surface area (Å²) >= 11 is 2.79. The van der Waals surface area contributed by atoms with Gasteiger partial charge >= 0.3 is 0 Å². The number of ketones is 1. The lowest BCUT2D eigenvalue weighted by Crippen LogP contribution is -2.08. The number of hydrogen-bond acceptors (Lipinski definition) is 7. The third kappa shape index (κ3) is 3.34. The molecule has 2 heterocycles. The van der Waals surface area contributed by atoms with E-state index in [9.17, 15) is 4.79 Å². The summed E-state index contributed by atoms with van der Waals surface area (Å²) in [4.78, 5) is 20.7. The van der Waals surface area contributed by atoms with Crippen molar-refractivity contribution >= 4 is 60.9 Å². The van der Waals surface area contributed by atoms with E-state index in [4.69, 9.17) is 5.73 Å². The highest BCUT2D eigenvalue weighted by atomic mass is 32.1. The maximum Gasteiger partial charge on any atom is 0.217 e. The van der Waals surface area contributed by atoms with Gasteiger partial charge in [-0.25, -0.2) is 4.98 Å². The highest BCUT2D eigenvalue weighted by Crippen LogP contribution is 2.36. The van der Waals surface area contributed by atoms with Crippen molar-refractivity contribution in [3.05, 3.63) is 63.8 Å². The lowest BCUT2D eigenvalue weighted by atomic mass is 10.1. The summed E-state index contributed by atoms with van der Waals surface area (Å²) in [5.74, 6) is 0.198. The van der Waals surface area contributed by atoms with Crippen molar-refractivity contribution in [2.45, 2.75) is 6.92 Å². The van der Waals surface area contributed by atoms with Crippen LogP contribution in [0.1, 0.15) is 20.1 Å². The molecule has 0 aliphatic heterocycles. The van der Waals surface area contributed by atoms with Crippen LogP contribution >= 0.6 is 22.7 Å². The minimum Gasteiger partial charge on any atom is -0.382 e. The van der Waals surface area contributed by atoms with Crippen LogP contribution in [0.4, 0.5) is 22.3 Å². The first-order chi connectivity index (χ1) is 13.4. The molecule has 0 saturated carbocycles. The molecule has 28 heavy (non-hydrogen) atoms. The van der Waals surface area contributed by atoms with Crippen LogP contribution in [-0.2, 0) is 0 Å². The Morgan fingerprint density at radius 3 is 2.43 bits per heavy atom. The summed E-state index contributed by atoms with van der Waals surface area (Å²) in [6, 6.07) is 16.0. The molecule has 0 unspecified atom stereocenters. The Morgan fingerprint density at radius 2 is 1.75 bits per heavy atom. The van der Waals surface area contributed by atoms with Crippen LogP contribution in [0, 0.1) is 6.92 Å². The van der Waals surface area contributed by atoms with Crippen molar-refractivity contribution in [2.24, 2.45) is 0 Å². The molecule has 4 aromatic rings. The molecule has 7 heteroatoms. The van der Waals surface area contributed by atoms with Crippen LogP contribution in [0.5, 0.6) is 0 Å². The summed E-state index contributed by atoms with van der Waals surface area (Å²) in [5, 5.41) is 4.96. The van der Waals surface area contributed by atoms with E-state index >= 15 is 0 Å². The number of nitrogens with two attached hydrogens (primary N) is 1. The number of hydrogen-bond donors (Lipinski definition) is 2. The fourth-order valence-corrected chi connectivity index (χ4v) is 5.08. The zero-order valence-electron chi connectivity index (χ0n) is 15.8. The van der Waals surface area contributed by atoms with Gasteiger partial charge in [0.15, 0.2) is 5.13 Å². The Hall–Kier alpha value is -2.90. The van der Waals surface area contributed by atoms with Crippen LogP contribution in [0.3, 0.4) is 0 Å². The number of nitrogens with zero attached hydrogens (tertiary/aromatic N) is 2. The Bertz CT molecular complexity index is 1160. The molecule has 0 amide bonds. The number of rotatable bonds is 5. The number of thiazole rings is 1. The number of anilines is 4. The number of fused-ring (bicyclic) bond motifs is 1. The molecule has 0 atom stereocenters. The van der Waals surface area contributed by atoms with Crippen LogP contribution in [0.25, 0.3) is 10.1 Å². The van der Waals surface area contributed by atoms with Gasteiger partial charge in [-0.15, -0.1) is 11.3 Å². The second-order valence-electron chi connectivity index (χ2n) is 6.68. The minimum absolute atomic E-state index is 0.0651. The van der Waals surface area contributed by atoms with E-state index in [1.807, 2.05) is 74.4 Å². The topological polar surface area (TPSA) is 71.2 Å². The first kappa shape index (κ1) is 18.5.